The van der Waals surface area contributed by atoms with E-state index in [-0.39, 0.29) is 24.3 Å². The van der Waals surface area contributed by atoms with Gasteiger partial charge in [0.25, 0.3) is 0 Å². The number of anilines is 1. The van der Waals surface area contributed by atoms with Crippen molar-refractivity contribution in [2.75, 3.05) is 19.5 Å². The molecule has 0 aliphatic carbocycles. The minimum atomic E-state index is -1.03. The number of nitrogens with two attached hydrogens (primary N) is 1. The molecule has 0 spiro atoms. The van der Waals surface area contributed by atoms with E-state index in [0.717, 1.165) is 5.56 Å². The van der Waals surface area contributed by atoms with Crippen LogP contribution in [0.2, 0.25) is 0 Å². The molecular weight excluding hydrogens is 356 g/mol. The van der Waals surface area contributed by atoms with E-state index in [4.69, 9.17) is 15.2 Å². The Labute approximate surface area is 156 Å². The number of hydrogen-bond acceptors (Lipinski definition) is 5. The maximum Gasteiger partial charge on any atom is 0.200 e. The molecule has 4 N–H and O–H groups in total. The Kier molecular flexibility index (Phi) is 5.94. The quantitative estimate of drug-likeness (QED) is 0.696. The highest BCUT2D eigenvalue weighted by Crippen LogP contribution is 2.34. The Hall–Kier alpha value is -2.22. The van der Waals surface area contributed by atoms with Crippen molar-refractivity contribution < 1.29 is 28.5 Å². The normalized spacial score (nSPS) is 22.6. The van der Waals surface area contributed by atoms with Crippen molar-refractivity contribution in [2.24, 2.45) is 0 Å². The molecule has 0 aromatic heterocycles. The highest BCUT2D eigenvalue weighted by atomic mass is 19.2. The lowest BCUT2D eigenvalue weighted by Gasteiger charge is -2.32. The van der Waals surface area contributed by atoms with E-state index in [0.29, 0.717) is 24.1 Å². The molecule has 1 aliphatic rings. The van der Waals surface area contributed by atoms with Crippen LogP contribution in [0.25, 0.3) is 0 Å². The number of methoxy groups -OCH3 is 1. The van der Waals surface area contributed by atoms with Crippen LogP contribution < -0.4 is 10.5 Å². The van der Waals surface area contributed by atoms with Crippen molar-refractivity contribution in [1.29, 1.82) is 0 Å². The molecule has 27 heavy (non-hydrogen) atoms. The summed E-state index contributed by atoms with van der Waals surface area (Å²) in [5.74, 6) is -2.16. The van der Waals surface area contributed by atoms with Gasteiger partial charge in [-0.05, 0) is 28.8 Å². The molecule has 146 valence electrons. The third-order valence-corrected chi connectivity index (χ3v) is 4.85. The van der Waals surface area contributed by atoms with Crippen molar-refractivity contribution in [2.45, 2.75) is 37.6 Å². The highest BCUT2D eigenvalue weighted by Gasteiger charge is 2.29. The molecule has 5 nitrogen and oxygen atoms in total. The summed E-state index contributed by atoms with van der Waals surface area (Å²) in [7, 11) is 1.28. The third kappa shape index (κ3) is 4.21. The van der Waals surface area contributed by atoms with Gasteiger partial charge in [0.2, 0.25) is 5.82 Å². The lowest BCUT2D eigenvalue weighted by Crippen LogP contribution is -2.33. The van der Waals surface area contributed by atoms with E-state index in [1.54, 1.807) is 18.2 Å². The van der Waals surface area contributed by atoms with Gasteiger partial charge in [0.05, 0.1) is 32.0 Å². The van der Waals surface area contributed by atoms with E-state index in [2.05, 4.69) is 0 Å². The number of ether oxygens (including phenoxy) is 2. The van der Waals surface area contributed by atoms with Crippen LogP contribution in [0.3, 0.4) is 0 Å². The van der Waals surface area contributed by atoms with Crippen molar-refractivity contribution in [3.63, 3.8) is 0 Å². The van der Waals surface area contributed by atoms with Gasteiger partial charge in [-0.15, -0.1) is 0 Å². The number of halogens is 2. The van der Waals surface area contributed by atoms with E-state index < -0.39 is 29.9 Å². The standard InChI is InChI=1S/C20H23F2NO4/c1-26-17-5-3-12(19(21)20(17)22)7-13-6-11(2-4-16(13)23)18-9-14(25)8-15(10-24)27-18/h2-6,14-15,18,24-25H,7-10,23H2,1H3/t14-,15-,18+/m0/s1. The van der Waals surface area contributed by atoms with Gasteiger partial charge >= 0.3 is 0 Å². The van der Waals surface area contributed by atoms with Gasteiger partial charge in [-0.25, -0.2) is 4.39 Å². The summed E-state index contributed by atoms with van der Waals surface area (Å²) < 4.78 is 38.8. The molecule has 3 atom stereocenters. The van der Waals surface area contributed by atoms with Crippen LogP contribution >= 0.6 is 0 Å². The summed E-state index contributed by atoms with van der Waals surface area (Å²) in [4.78, 5) is 0. The smallest absolute Gasteiger partial charge is 0.200 e. The van der Waals surface area contributed by atoms with Gasteiger partial charge in [-0.3, -0.25) is 0 Å². The van der Waals surface area contributed by atoms with E-state index >= 15 is 0 Å². The lowest BCUT2D eigenvalue weighted by molar-refractivity contribution is -0.113. The molecule has 1 saturated heterocycles. The minimum Gasteiger partial charge on any atom is -0.494 e. The van der Waals surface area contributed by atoms with Crippen molar-refractivity contribution in [1.82, 2.24) is 0 Å². The maximum absolute atomic E-state index is 14.3. The monoisotopic (exact) mass is 379 g/mol. The molecule has 1 heterocycles. The number of rotatable bonds is 5. The van der Waals surface area contributed by atoms with E-state index in [9.17, 15) is 19.0 Å². The van der Waals surface area contributed by atoms with Gasteiger partial charge in [-0.1, -0.05) is 18.2 Å². The fourth-order valence-corrected chi connectivity index (χ4v) is 3.37. The third-order valence-electron chi connectivity index (χ3n) is 4.85. The van der Waals surface area contributed by atoms with Gasteiger partial charge in [0.1, 0.15) is 0 Å². The Balaban J connectivity index is 1.87. The molecule has 2 aromatic rings. The van der Waals surface area contributed by atoms with Crippen LogP contribution in [-0.4, -0.2) is 36.1 Å². The first-order valence-corrected chi connectivity index (χ1v) is 8.76. The molecule has 3 rings (SSSR count). The Morgan fingerprint density at radius 3 is 2.63 bits per heavy atom. The van der Waals surface area contributed by atoms with Crippen LogP contribution in [-0.2, 0) is 11.2 Å². The van der Waals surface area contributed by atoms with Gasteiger partial charge < -0.3 is 25.4 Å². The van der Waals surface area contributed by atoms with Gasteiger partial charge in [0.15, 0.2) is 11.6 Å². The number of hydrogen-bond donors (Lipinski definition) is 3. The van der Waals surface area contributed by atoms with Crippen LogP contribution in [0, 0.1) is 11.6 Å². The summed E-state index contributed by atoms with van der Waals surface area (Å²) in [5, 5.41) is 19.3. The zero-order chi connectivity index (χ0) is 19.6. The SMILES string of the molecule is COc1ccc(Cc2cc([C@H]3C[C@@H](O)C[C@@H](CO)O3)ccc2N)c(F)c1F. The second kappa shape index (κ2) is 8.21. The van der Waals surface area contributed by atoms with Crippen LogP contribution in [0.1, 0.15) is 35.6 Å². The van der Waals surface area contributed by atoms with E-state index in [1.807, 2.05) is 0 Å². The van der Waals surface area contributed by atoms with Crippen molar-refractivity contribution in [3.05, 3.63) is 58.7 Å². The molecule has 7 heteroatoms. The average Bonchev–Trinajstić information content (AvgIpc) is 2.66. The van der Waals surface area contributed by atoms with E-state index in [1.165, 1.54) is 19.2 Å². The minimum absolute atomic E-state index is 0.102. The molecule has 1 aliphatic heterocycles. The predicted octanol–water partition coefficient (Wildman–Crippen LogP) is 2.72. The second-order valence-corrected chi connectivity index (χ2v) is 6.74. The van der Waals surface area contributed by atoms with Gasteiger partial charge in [0, 0.05) is 24.9 Å². The molecule has 0 amide bonds. The van der Waals surface area contributed by atoms with Crippen LogP contribution in [0.5, 0.6) is 5.75 Å². The Morgan fingerprint density at radius 2 is 1.93 bits per heavy atom. The molecule has 2 aromatic carbocycles. The summed E-state index contributed by atoms with van der Waals surface area (Å²) in [6.45, 7) is -0.175. The number of benzene rings is 2. The zero-order valence-corrected chi connectivity index (χ0v) is 15.0. The fourth-order valence-electron chi connectivity index (χ4n) is 3.37. The molecule has 0 bridgehead atoms. The average molecular weight is 379 g/mol. The summed E-state index contributed by atoms with van der Waals surface area (Å²) >= 11 is 0. The molecule has 0 unspecified atom stereocenters. The lowest BCUT2D eigenvalue weighted by atomic mass is 9.93. The molecule has 0 saturated carbocycles. The second-order valence-electron chi connectivity index (χ2n) is 6.74. The van der Waals surface area contributed by atoms with Crippen molar-refractivity contribution >= 4 is 5.69 Å². The summed E-state index contributed by atoms with van der Waals surface area (Å²) in [6, 6.07) is 8.07. The van der Waals surface area contributed by atoms with Crippen LogP contribution in [0.15, 0.2) is 30.3 Å². The largest absolute Gasteiger partial charge is 0.494 e. The first-order chi connectivity index (χ1) is 12.9. The first-order valence-electron chi connectivity index (χ1n) is 8.76. The molecule has 1 fully saturated rings. The number of aliphatic hydroxyl groups is 2. The number of aliphatic hydroxyl groups excluding tert-OH is 2. The maximum atomic E-state index is 14.3. The van der Waals surface area contributed by atoms with Gasteiger partial charge in [-0.2, -0.15) is 4.39 Å². The summed E-state index contributed by atoms with van der Waals surface area (Å²) in [5.41, 5.74) is 8.03. The zero-order valence-electron chi connectivity index (χ0n) is 15.0. The van der Waals surface area contributed by atoms with Crippen molar-refractivity contribution in [3.8, 4) is 5.75 Å². The molecule has 0 radical (unpaired) electrons. The first kappa shape index (κ1) is 19.5. The number of nitrogen functional groups attached to an aromatic ring is 1. The highest BCUT2D eigenvalue weighted by molar-refractivity contribution is 5.51. The topological polar surface area (TPSA) is 84.9 Å². The Morgan fingerprint density at radius 1 is 1.15 bits per heavy atom. The summed E-state index contributed by atoms with van der Waals surface area (Å²) in [6.07, 6.45) is -0.535. The Bertz CT molecular complexity index is 815. The molecular formula is C20H23F2NO4. The predicted molar refractivity (Wildman–Crippen MR) is 96.5 cm³/mol. The fraction of sp³-hybridized carbons (Fsp3) is 0.400. The van der Waals surface area contributed by atoms with Crippen LogP contribution in [0.4, 0.5) is 14.5 Å².